The molecule has 0 radical (unpaired) electrons. The highest BCUT2D eigenvalue weighted by Crippen LogP contribution is 2.10. The van der Waals surface area contributed by atoms with Crippen LogP contribution in [0, 0.1) is 0 Å². The highest BCUT2D eigenvalue weighted by atomic mass is 16.2. The summed E-state index contributed by atoms with van der Waals surface area (Å²) in [5, 5.41) is 5.52. The van der Waals surface area contributed by atoms with Gasteiger partial charge in [-0.1, -0.05) is 0 Å². The van der Waals surface area contributed by atoms with Gasteiger partial charge in [-0.15, -0.1) is 0 Å². The Morgan fingerprint density at radius 3 is 2.86 bits per heavy atom. The number of rotatable bonds is 4. The van der Waals surface area contributed by atoms with Crippen molar-refractivity contribution in [3.05, 3.63) is 36.2 Å². The van der Waals surface area contributed by atoms with E-state index in [-0.39, 0.29) is 11.9 Å². The Hall–Kier alpha value is -2.70. The minimum atomic E-state index is -0.179. The lowest BCUT2D eigenvalue weighted by molar-refractivity contribution is 0.0950. The van der Waals surface area contributed by atoms with Crippen molar-refractivity contribution in [2.45, 2.75) is 0 Å². The van der Waals surface area contributed by atoms with E-state index in [1.54, 1.807) is 35.5 Å². The van der Waals surface area contributed by atoms with Gasteiger partial charge < -0.3 is 15.5 Å². The van der Waals surface area contributed by atoms with E-state index < -0.39 is 0 Å². The van der Waals surface area contributed by atoms with Crippen molar-refractivity contribution in [1.29, 1.82) is 0 Å². The van der Waals surface area contributed by atoms with Crippen molar-refractivity contribution in [3.8, 4) is 0 Å². The van der Waals surface area contributed by atoms with Gasteiger partial charge in [0.2, 0.25) is 0 Å². The highest BCUT2D eigenvalue weighted by molar-refractivity contribution is 5.97. The molecule has 0 spiro atoms. The molecule has 0 aliphatic carbocycles. The summed E-state index contributed by atoms with van der Waals surface area (Å²) >= 11 is 0. The number of benzene rings is 1. The van der Waals surface area contributed by atoms with Crippen molar-refractivity contribution in [2.24, 2.45) is 0 Å². The average Bonchev–Trinajstić information content (AvgIpc) is 2.92. The molecule has 1 aliphatic rings. The summed E-state index contributed by atoms with van der Waals surface area (Å²) in [6, 6.07) is 5.12. The Morgan fingerprint density at radius 2 is 2.10 bits per heavy atom. The maximum Gasteiger partial charge on any atom is 0.317 e. The Bertz CT molecular complexity index is 688. The van der Waals surface area contributed by atoms with E-state index in [9.17, 15) is 9.59 Å². The maximum atomic E-state index is 12.1. The van der Waals surface area contributed by atoms with Crippen molar-refractivity contribution in [3.63, 3.8) is 0 Å². The van der Waals surface area contributed by atoms with Crippen LogP contribution in [-0.4, -0.2) is 53.0 Å². The predicted molar refractivity (Wildman–Crippen MR) is 76.8 cm³/mol. The summed E-state index contributed by atoms with van der Waals surface area (Å²) in [6.07, 6.45) is 3.21. The normalized spacial score (nSPS) is 14.3. The van der Waals surface area contributed by atoms with Gasteiger partial charge in [-0.3, -0.25) is 14.8 Å². The summed E-state index contributed by atoms with van der Waals surface area (Å²) in [6.45, 7) is 2.27. The third kappa shape index (κ3) is 2.91. The number of fused-ring (bicyclic) bond motifs is 1. The van der Waals surface area contributed by atoms with Crippen LogP contribution in [0.1, 0.15) is 10.4 Å². The van der Waals surface area contributed by atoms with Gasteiger partial charge in [0.15, 0.2) is 0 Å². The first-order chi connectivity index (χ1) is 10.2. The van der Waals surface area contributed by atoms with Crippen LogP contribution >= 0.6 is 0 Å². The molecular formula is C14H15N5O2. The molecule has 0 atom stereocenters. The molecule has 1 aliphatic heterocycles. The van der Waals surface area contributed by atoms with Gasteiger partial charge in [0.25, 0.3) is 5.91 Å². The first kappa shape index (κ1) is 13.3. The molecule has 7 nitrogen and oxygen atoms in total. The molecule has 3 rings (SSSR count). The molecule has 0 bridgehead atoms. The molecule has 3 amide bonds. The zero-order valence-corrected chi connectivity index (χ0v) is 11.4. The van der Waals surface area contributed by atoms with Crippen LogP contribution < -0.4 is 10.6 Å². The molecule has 7 heteroatoms. The Kier molecular flexibility index (Phi) is 3.63. The molecule has 0 saturated carbocycles. The van der Waals surface area contributed by atoms with Crippen LogP contribution in [0.5, 0.6) is 0 Å². The third-order valence-electron chi connectivity index (χ3n) is 3.34. The monoisotopic (exact) mass is 285 g/mol. The molecular weight excluding hydrogens is 270 g/mol. The van der Waals surface area contributed by atoms with E-state index in [2.05, 4.69) is 20.6 Å². The zero-order chi connectivity index (χ0) is 14.7. The number of carbonyl (C=O) groups excluding carboxylic acids is 2. The standard InChI is InChI=1S/C14H15N5O2/c20-13(17-5-7-19-8-6-18-14(19)21)10-1-2-11-12(9-10)16-4-3-15-11/h1-4,9H,5-8H2,(H,17,20)(H,18,21). The van der Waals surface area contributed by atoms with Crippen LogP contribution in [0.2, 0.25) is 0 Å². The first-order valence-corrected chi connectivity index (χ1v) is 6.76. The van der Waals surface area contributed by atoms with Crippen molar-refractivity contribution in [2.75, 3.05) is 26.2 Å². The molecule has 0 unspecified atom stereocenters. The number of urea groups is 1. The number of nitrogens with zero attached hydrogens (tertiary/aromatic N) is 3. The fourth-order valence-electron chi connectivity index (χ4n) is 2.24. The molecule has 1 aromatic carbocycles. The topological polar surface area (TPSA) is 87.2 Å². The fraction of sp³-hybridized carbons (Fsp3) is 0.286. The summed E-state index contributed by atoms with van der Waals surface area (Å²) in [4.78, 5) is 33.4. The molecule has 1 aromatic heterocycles. The molecule has 1 fully saturated rings. The highest BCUT2D eigenvalue weighted by Gasteiger charge is 2.18. The smallest absolute Gasteiger partial charge is 0.317 e. The maximum absolute atomic E-state index is 12.1. The fourth-order valence-corrected chi connectivity index (χ4v) is 2.24. The van der Waals surface area contributed by atoms with Crippen molar-refractivity contribution < 1.29 is 9.59 Å². The molecule has 2 aromatic rings. The van der Waals surface area contributed by atoms with Gasteiger partial charge in [-0.25, -0.2) is 4.79 Å². The van der Waals surface area contributed by atoms with E-state index in [4.69, 9.17) is 0 Å². The quantitative estimate of drug-likeness (QED) is 0.850. The predicted octanol–water partition coefficient (Wildman–Crippen LogP) is 0.385. The van der Waals surface area contributed by atoms with Crippen LogP contribution in [0.3, 0.4) is 0 Å². The zero-order valence-electron chi connectivity index (χ0n) is 11.4. The SMILES string of the molecule is O=C(NCCN1CCNC1=O)c1ccc2nccnc2c1. The lowest BCUT2D eigenvalue weighted by Crippen LogP contribution is -2.36. The largest absolute Gasteiger partial charge is 0.350 e. The van der Waals surface area contributed by atoms with Crippen LogP contribution in [0.4, 0.5) is 4.79 Å². The lowest BCUT2D eigenvalue weighted by Gasteiger charge is -2.14. The van der Waals surface area contributed by atoms with Gasteiger partial charge in [0.05, 0.1) is 11.0 Å². The van der Waals surface area contributed by atoms with Gasteiger partial charge in [-0.05, 0) is 18.2 Å². The van der Waals surface area contributed by atoms with Crippen molar-refractivity contribution >= 4 is 23.0 Å². The second-order valence-electron chi connectivity index (χ2n) is 4.73. The van der Waals surface area contributed by atoms with E-state index in [1.165, 1.54) is 0 Å². The Morgan fingerprint density at radius 1 is 1.29 bits per heavy atom. The van der Waals surface area contributed by atoms with E-state index in [0.717, 1.165) is 5.52 Å². The number of nitrogens with one attached hydrogen (secondary N) is 2. The molecule has 1 saturated heterocycles. The molecule has 2 heterocycles. The number of hydrogen-bond donors (Lipinski definition) is 2. The van der Waals surface area contributed by atoms with E-state index in [1.807, 2.05) is 0 Å². The van der Waals surface area contributed by atoms with Crippen LogP contribution in [0.25, 0.3) is 11.0 Å². The van der Waals surface area contributed by atoms with Gasteiger partial charge in [-0.2, -0.15) is 0 Å². The molecule has 21 heavy (non-hydrogen) atoms. The summed E-state index contributed by atoms with van der Waals surface area (Å²) in [5.41, 5.74) is 1.97. The van der Waals surface area contributed by atoms with E-state index in [0.29, 0.717) is 37.3 Å². The Balaban J connectivity index is 1.60. The number of amides is 3. The van der Waals surface area contributed by atoms with E-state index >= 15 is 0 Å². The third-order valence-corrected chi connectivity index (χ3v) is 3.34. The second kappa shape index (κ2) is 5.74. The lowest BCUT2D eigenvalue weighted by atomic mass is 10.2. The summed E-state index contributed by atoms with van der Waals surface area (Å²) in [5.74, 6) is -0.179. The Labute approximate surface area is 121 Å². The number of carbonyl (C=O) groups is 2. The van der Waals surface area contributed by atoms with Gasteiger partial charge in [0, 0.05) is 44.1 Å². The average molecular weight is 285 g/mol. The minimum Gasteiger partial charge on any atom is -0.350 e. The first-order valence-electron chi connectivity index (χ1n) is 6.76. The molecule has 2 N–H and O–H groups in total. The summed E-state index contributed by atoms with van der Waals surface area (Å²) < 4.78 is 0. The van der Waals surface area contributed by atoms with Gasteiger partial charge >= 0.3 is 6.03 Å². The second-order valence-corrected chi connectivity index (χ2v) is 4.73. The van der Waals surface area contributed by atoms with Gasteiger partial charge in [0.1, 0.15) is 0 Å². The number of aromatic nitrogens is 2. The number of hydrogen-bond acceptors (Lipinski definition) is 4. The molecule has 108 valence electrons. The minimum absolute atomic E-state index is 0.0785. The summed E-state index contributed by atoms with van der Waals surface area (Å²) in [7, 11) is 0. The van der Waals surface area contributed by atoms with Crippen LogP contribution in [0.15, 0.2) is 30.6 Å². The van der Waals surface area contributed by atoms with Crippen LogP contribution in [-0.2, 0) is 0 Å². The van der Waals surface area contributed by atoms with Crippen molar-refractivity contribution in [1.82, 2.24) is 25.5 Å².